The molecule has 2 aliphatic carbocycles. The van der Waals surface area contributed by atoms with Crippen LogP contribution in [-0.2, 0) is 41.4 Å². The predicted molar refractivity (Wildman–Crippen MR) is 167 cm³/mol. The number of aliphatic hydroxyl groups is 1. The van der Waals surface area contributed by atoms with E-state index < -0.39 is 36.1 Å². The average Bonchev–Trinajstić information content (AvgIpc) is 3.78. The third kappa shape index (κ3) is 6.48. The molecule has 0 saturated carbocycles. The van der Waals surface area contributed by atoms with Gasteiger partial charge in [-0.15, -0.1) is 0 Å². The van der Waals surface area contributed by atoms with Gasteiger partial charge in [-0.3, -0.25) is 14.4 Å². The largest absolute Gasteiger partial charge is 0.456 e. The maximum Gasteiger partial charge on any atom is 0.338 e. The fourth-order valence-electron chi connectivity index (χ4n) is 6.67. The molecule has 2 aromatic carbocycles. The molecule has 0 unspecified atom stereocenters. The van der Waals surface area contributed by atoms with E-state index in [1.54, 1.807) is 55.4 Å². The van der Waals surface area contributed by atoms with Crippen LogP contribution in [0.5, 0.6) is 0 Å². The lowest BCUT2D eigenvalue weighted by Crippen LogP contribution is -2.49. The Hall–Kier alpha value is -4.32. The Balaban J connectivity index is 1.22. The summed E-state index contributed by atoms with van der Waals surface area (Å²) in [5.74, 6) is -2.26. The Morgan fingerprint density at radius 3 is 2.46 bits per heavy atom. The monoisotopic (exact) mass is 629 g/mol. The molecule has 2 N–H and O–H groups in total. The molecule has 242 valence electrons. The number of amides is 3. The number of carbonyl (C=O) groups excluding carboxylic acids is 4. The number of esters is 1. The molecule has 6 rings (SSSR count). The van der Waals surface area contributed by atoms with Crippen molar-refractivity contribution in [2.75, 3.05) is 33.8 Å². The molecule has 11 heteroatoms. The molecule has 2 saturated heterocycles. The van der Waals surface area contributed by atoms with Crippen molar-refractivity contribution >= 4 is 29.8 Å². The van der Waals surface area contributed by atoms with Gasteiger partial charge in [0.2, 0.25) is 17.7 Å². The van der Waals surface area contributed by atoms with Gasteiger partial charge in [-0.2, -0.15) is 0 Å². The quantitative estimate of drug-likeness (QED) is 0.335. The molecule has 2 aromatic rings. The topological polar surface area (TPSA) is 135 Å². The predicted octanol–water partition coefficient (Wildman–Crippen LogP) is 2.02. The number of nitrogens with zero attached hydrogens (tertiary/aromatic N) is 2. The van der Waals surface area contributed by atoms with Crippen molar-refractivity contribution in [3.8, 4) is 0 Å². The summed E-state index contributed by atoms with van der Waals surface area (Å²) in [4.78, 5) is 55.1. The Kier molecular flexibility index (Phi) is 9.08. The van der Waals surface area contributed by atoms with E-state index in [2.05, 4.69) is 5.32 Å². The van der Waals surface area contributed by atoms with Crippen LogP contribution in [0.25, 0.3) is 6.08 Å². The highest BCUT2D eigenvalue weighted by atomic mass is 16.8. The average molecular weight is 630 g/mol. The number of benzene rings is 2. The summed E-state index contributed by atoms with van der Waals surface area (Å²) in [5, 5.41) is 11.8. The molecule has 1 spiro atoms. The van der Waals surface area contributed by atoms with Crippen LogP contribution in [0.2, 0.25) is 0 Å². The maximum atomic E-state index is 13.9. The van der Waals surface area contributed by atoms with Crippen molar-refractivity contribution in [2.45, 2.75) is 62.2 Å². The minimum absolute atomic E-state index is 0.104. The molecule has 0 radical (unpaired) electrons. The maximum absolute atomic E-state index is 13.9. The first-order chi connectivity index (χ1) is 22.2. The lowest BCUT2D eigenvalue weighted by molar-refractivity contribution is -0.172. The number of hydrogen-bond acceptors (Lipinski definition) is 8. The van der Waals surface area contributed by atoms with Gasteiger partial charge in [-0.05, 0) is 53.8 Å². The molecule has 0 aromatic heterocycles. The number of fused-ring (bicyclic) bond motifs is 2. The molecule has 2 aliphatic heterocycles. The van der Waals surface area contributed by atoms with Crippen molar-refractivity contribution in [1.29, 1.82) is 0 Å². The highest BCUT2D eigenvalue weighted by molar-refractivity contribution is 5.98. The third-order valence-electron chi connectivity index (χ3n) is 8.98. The SMILES string of the molecule is CN(C)C(=O)C=Cc1ccc(C(=O)O[C@@H]2CC(C(=O)N3CCC[C@@H]3C(=O)NCCO)=C[C@H]3OC4(Cc5ccccc5C4)O[C@H]32)cc1. The van der Waals surface area contributed by atoms with Crippen LogP contribution in [0.1, 0.15) is 46.3 Å². The van der Waals surface area contributed by atoms with Gasteiger partial charge in [0, 0.05) is 58.1 Å². The zero-order valence-corrected chi connectivity index (χ0v) is 26.0. The van der Waals surface area contributed by atoms with Gasteiger partial charge in [0.15, 0.2) is 5.79 Å². The van der Waals surface area contributed by atoms with Gasteiger partial charge >= 0.3 is 5.97 Å². The highest BCUT2D eigenvalue weighted by Crippen LogP contribution is 2.45. The van der Waals surface area contributed by atoms with Crippen LogP contribution in [0.4, 0.5) is 0 Å². The molecule has 46 heavy (non-hydrogen) atoms. The molecule has 4 atom stereocenters. The highest BCUT2D eigenvalue weighted by Gasteiger charge is 2.55. The number of aliphatic hydroxyl groups excluding tert-OH is 1. The normalized spacial score (nSPS) is 24.4. The first-order valence-electron chi connectivity index (χ1n) is 15.7. The van der Waals surface area contributed by atoms with E-state index >= 15 is 0 Å². The van der Waals surface area contributed by atoms with Gasteiger partial charge in [-0.1, -0.05) is 36.4 Å². The van der Waals surface area contributed by atoms with Crippen molar-refractivity contribution in [2.24, 2.45) is 0 Å². The van der Waals surface area contributed by atoms with Crippen LogP contribution in [0.3, 0.4) is 0 Å². The van der Waals surface area contributed by atoms with E-state index in [1.807, 2.05) is 24.3 Å². The van der Waals surface area contributed by atoms with E-state index in [-0.39, 0.29) is 37.3 Å². The van der Waals surface area contributed by atoms with Crippen LogP contribution in [0.15, 0.2) is 66.3 Å². The minimum atomic E-state index is -0.934. The lowest BCUT2D eigenvalue weighted by atomic mass is 9.91. The molecular formula is C35H39N3O8. The van der Waals surface area contributed by atoms with Crippen molar-refractivity contribution in [3.05, 3.63) is 88.5 Å². The minimum Gasteiger partial charge on any atom is -0.456 e. The summed E-state index contributed by atoms with van der Waals surface area (Å²) < 4.78 is 19.2. The summed E-state index contributed by atoms with van der Waals surface area (Å²) in [5.41, 5.74) is 3.73. The fourth-order valence-corrected chi connectivity index (χ4v) is 6.67. The Morgan fingerprint density at radius 1 is 1.07 bits per heavy atom. The van der Waals surface area contributed by atoms with Gasteiger partial charge in [0.25, 0.3) is 0 Å². The molecule has 2 fully saturated rings. The molecule has 11 nitrogen and oxygen atoms in total. The third-order valence-corrected chi connectivity index (χ3v) is 8.98. The second kappa shape index (κ2) is 13.2. The summed E-state index contributed by atoms with van der Waals surface area (Å²) in [7, 11) is 3.34. The first kappa shape index (κ1) is 31.7. The summed E-state index contributed by atoms with van der Waals surface area (Å²) in [6.07, 6.45) is 5.21. The summed E-state index contributed by atoms with van der Waals surface area (Å²) >= 11 is 0. The molecule has 0 bridgehead atoms. The van der Waals surface area contributed by atoms with E-state index in [9.17, 15) is 19.2 Å². The number of ether oxygens (including phenoxy) is 3. The molecular weight excluding hydrogens is 590 g/mol. The zero-order valence-electron chi connectivity index (χ0n) is 26.0. The van der Waals surface area contributed by atoms with Crippen LogP contribution < -0.4 is 5.32 Å². The van der Waals surface area contributed by atoms with Crippen LogP contribution in [-0.4, -0.2) is 103 Å². The van der Waals surface area contributed by atoms with E-state index in [1.165, 1.54) is 11.0 Å². The number of carbonyl (C=O) groups is 4. The second-order valence-electron chi connectivity index (χ2n) is 12.4. The number of rotatable bonds is 8. The smallest absolute Gasteiger partial charge is 0.338 e. The number of likely N-dealkylation sites (N-methyl/N-ethyl adjacent to an activating group) is 1. The van der Waals surface area contributed by atoms with Crippen molar-refractivity contribution in [3.63, 3.8) is 0 Å². The number of hydrogen-bond donors (Lipinski definition) is 2. The first-order valence-corrected chi connectivity index (χ1v) is 15.7. The van der Waals surface area contributed by atoms with Gasteiger partial charge < -0.3 is 34.4 Å². The second-order valence-corrected chi connectivity index (χ2v) is 12.4. The van der Waals surface area contributed by atoms with E-state index in [0.29, 0.717) is 43.4 Å². The van der Waals surface area contributed by atoms with E-state index in [0.717, 1.165) is 16.7 Å². The molecule has 3 amide bonds. The lowest BCUT2D eigenvalue weighted by Gasteiger charge is -2.32. The van der Waals surface area contributed by atoms with Crippen LogP contribution in [0, 0.1) is 0 Å². The zero-order chi connectivity index (χ0) is 32.4. The standard InChI is InChI=1S/C35H39N3O8/c1-37(2)30(40)14-11-22-9-12-23(13-10-22)34(43)44-28-18-26(33(42)38-16-5-8-27(38)32(41)36-15-17-39)19-29-31(28)46-35(45-29)20-24-6-3-4-7-25(24)21-35/h3-4,6-7,9-14,19,27-29,31,39H,5,8,15-18,20-21H2,1-2H3,(H,36,41)/t27-,28-,29-,31+/m1/s1. The summed E-state index contributed by atoms with van der Waals surface area (Å²) in [6.45, 7) is 0.346. The summed E-state index contributed by atoms with van der Waals surface area (Å²) in [6, 6.07) is 14.1. The molecule has 4 aliphatic rings. The Labute approximate surface area is 267 Å². The van der Waals surface area contributed by atoms with Crippen molar-refractivity contribution in [1.82, 2.24) is 15.1 Å². The molecule has 2 heterocycles. The Bertz CT molecular complexity index is 1540. The van der Waals surface area contributed by atoms with Gasteiger partial charge in [0.1, 0.15) is 24.4 Å². The van der Waals surface area contributed by atoms with Crippen LogP contribution >= 0.6 is 0 Å². The Morgan fingerprint density at radius 2 is 1.78 bits per heavy atom. The van der Waals surface area contributed by atoms with Crippen molar-refractivity contribution < 1.29 is 38.5 Å². The van der Waals surface area contributed by atoms with Gasteiger partial charge in [-0.25, -0.2) is 4.79 Å². The number of nitrogens with one attached hydrogen (secondary N) is 1. The fraction of sp³-hybridized carbons (Fsp3) is 0.429. The van der Waals surface area contributed by atoms with E-state index in [4.69, 9.17) is 19.3 Å². The number of likely N-dealkylation sites (tertiary alicyclic amines) is 1. The van der Waals surface area contributed by atoms with Gasteiger partial charge in [0.05, 0.1) is 12.2 Å².